The lowest BCUT2D eigenvalue weighted by molar-refractivity contribution is 0.556. The first-order valence-corrected chi connectivity index (χ1v) is 7.87. The summed E-state index contributed by atoms with van der Waals surface area (Å²) in [6.07, 6.45) is 1.65. The molecule has 0 aliphatic rings. The minimum atomic E-state index is 0.760. The molecule has 22 heavy (non-hydrogen) atoms. The summed E-state index contributed by atoms with van der Waals surface area (Å²) in [5.74, 6) is 0.760. The van der Waals surface area contributed by atoms with Crippen molar-refractivity contribution in [3.8, 4) is 11.3 Å². The molecule has 0 unspecified atom stereocenters. The Morgan fingerprint density at radius 3 is 2.59 bits per heavy atom. The molecule has 0 saturated heterocycles. The van der Waals surface area contributed by atoms with E-state index in [1.54, 1.807) is 24.6 Å². The van der Waals surface area contributed by atoms with Crippen LogP contribution in [0.15, 0.2) is 62.6 Å². The highest BCUT2D eigenvalue weighted by atomic mass is 32.1. The number of aryl methyl sites for hydroxylation is 1. The van der Waals surface area contributed by atoms with Gasteiger partial charge in [0.25, 0.3) is 0 Å². The molecule has 3 rings (SSSR count). The Hall–Kier alpha value is -2.40. The number of thiazole rings is 1. The van der Waals surface area contributed by atoms with Crippen molar-refractivity contribution in [3.63, 3.8) is 0 Å². The van der Waals surface area contributed by atoms with E-state index in [-0.39, 0.29) is 0 Å². The molecule has 112 valence electrons. The quantitative estimate of drug-likeness (QED) is 0.676. The van der Waals surface area contributed by atoms with Crippen molar-refractivity contribution in [1.82, 2.24) is 4.68 Å². The van der Waals surface area contributed by atoms with Crippen molar-refractivity contribution in [2.45, 2.75) is 13.8 Å². The number of rotatable bonds is 3. The van der Waals surface area contributed by atoms with Crippen molar-refractivity contribution in [1.29, 1.82) is 0 Å². The summed E-state index contributed by atoms with van der Waals surface area (Å²) in [5.41, 5.74) is 4.19. The van der Waals surface area contributed by atoms with Crippen LogP contribution in [-0.4, -0.2) is 17.4 Å². The maximum atomic E-state index is 5.41. The predicted octanol–water partition coefficient (Wildman–Crippen LogP) is 3.92. The Kier molecular flexibility index (Phi) is 4.06. The average molecular weight is 311 g/mol. The third-order valence-electron chi connectivity index (χ3n) is 3.35. The zero-order valence-electron chi connectivity index (χ0n) is 12.8. The van der Waals surface area contributed by atoms with E-state index < -0.39 is 0 Å². The van der Waals surface area contributed by atoms with Gasteiger partial charge >= 0.3 is 0 Å². The molecule has 0 spiro atoms. The van der Waals surface area contributed by atoms with E-state index in [0.29, 0.717) is 0 Å². The number of benzene rings is 1. The van der Waals surface area contributed by atoms with Crippen LogP contribution >= 0.6 is 11.3 Å². The molecule has 0 atom stereocenters. The second-order valence-electron chi connectivity index (χ2n) is 4.97. The summed E-state index contributed by atoms with van der Waals surface area (Å²) < 4.78 is 7.28. The first kappa shape index (κ1) is 14.5. The van der Waals surface area contributed by atoms with Gasteiger partial charge in [-0.05, 0) is 26.0 Å². The van der Waals surface area contributed by atoms with Crippen LogP contribution in [0, 0.1) is 6.92 Å². The minimum Gasteiger partial charge on any atom is -0.463 e. The monoisotopic (exact) mass is 311 g/mol. The van der Waals surface area contributed by atoms with Gasteiger partial charge < -0.3 is 4.42 Å². The standard InChI is InChI=1S/C17H17N3OS/c1-12-6-8-14(9-7-12)15-11-22-17(18-3)20(15)19-13(2)16-5-4-10-21-16/h4-11H,1-3H3. The van der Waals surface area contributed by atoms with Gasteiger partial charge in [-0.1, -0.05) is 29.8 Å². The van der Waals surface area contributed by atoms with Gasteiger partial charge in [0, 0.05) is 18.0 Å². The van der Waals surface area contributed by atoms with Crippen LogP contribution in [-0.2, 0) is 0 Å². The van der Waals surface area contributed by atoms with Crippen molar-refractivity contribution in [3.05, 3.63) is 64.2 Å². The average Bonchev–Trinajstić information content (AvgIpc) is 3.17. The normalized spacial score (nSPS) is 12.9. The Morgan fingerprint density at radius 2 is 1.95 bits per heavy atom. The molecule has 0 aliphatic carbocycles. The maximum Gasteiger partial charge on any atom is 0.205 e. The van der Waals surface area contributed by atoms with Gasteiger partial charge in [-0.3, -0.25) is 4.99 Å². The fourth-order valence-corrected chi connectivity index (χ4v) is 2.95. The number of aromatic nitrogens is 1. The smallest absolute Gasteiger partial charge is 0.205 e. The lowest BCUT2D eigenvalue weighted by Gasteiger charge is -2.05. The fraction of sp³-hybridized carbons (Fsp3) is 0.176. The van der Waals surface area contributed by atoms with Crippen LogP contribution in [0.1, 0.15) is 18.2 Å². The topological polar surface area (TPSA) is 42.8 Å². The lowest BCUT2D eigenvalue weighted by Crippen LogP contribution is -2.13. The van der Waals surface area contributed by atoms with Gasteiger partial charge in [-0.15, -0.1) is 11.3 Å². The molecule has 3 aromatic rings. The van der Waals surface area contributed by atoms with Gasteiger partial charge in [-0.2, -0.15) is 5.10 Å². The van der Waals surface area contributed by atoms with Gasteiger partial charge in [0.15, 0.2) is 0 Å². The van der Waals surface area contributed by atoms with Gasteiger partial charge in [0.1, 0.15) is 11.5 Å². The highest BCUT2D eigenvalue weighted by molar-refractivity contribution is 7.07. The molecule has 1 aromatic carbocycles. The van der Waals surface area contributed by atoms with Crippen LogP contribution in [0.4, 0.5) is 0 Å². The summed E-state index contributed by atoms with van der Waals surface area (Å²) in [6.45, 7) is 4.01. The molecule has 2 heterocycles. The van der Waals surface area contributed by atoms with E-state index in [0.717, 1.165) is 27.5 Å². The van der Waals surface area contributed by atoms with Crippen LogP contribution in [0.25, 0.3) is 11.3 Å². The zero-order valence-corrected chi connectivity index (χ0v) is 13.6. The zero-order chi connectivity index (χ0) is 15.5. The van der Waals surface area contributed by atoms with Crippen LogP contribution in [0.5, 0.6) is 0 Å². The fourth-order valence-electron chi connectivity index (χ4n) is 2.15. The van der Waals surface area contributed by atoms with E-state index in [1.807, 2.05) is 23.7 Å². The molecule has 2 aromatic heterocycles. The molecule has 4 nitrogen and oxygen atoms in total. The summed E-state index contributed by atoms with van der Waals surface area (Å²) in [6, 6.07) is 12.2. The van der Waals surface area contributed by atoms with Crippen molar-refractivity contribution < 1.29 is 4.42 Å². The first-order chi connectivity index (χ1) is 10.7. The lowest BCUT2D eigenvalue weighted by atomic mass is 10.1. The molecular weight excluding hydrogens is 294 g/mol. The summed E-state index contributed by atoms with van der Waals surface area (Å²) in [4.78, 5) is 5.16. The van der Waals surface area contributed by atoms with Crippen LogP contribution < -0.4 is 4.80 Å². The van der Waals surface area contributed by atoms with Gasteiger partial charge in [-0.25, -0.2) is 4.68 Å². The number of hydrogen-bond donors (Lipinski definition) is 0. The van der Waals surface area contributed by atoms with Crippen LogP contribution in [0.2, 0.25) is 0 Å². The maximum absolute atomic E-state index is 5.41. The SMILES string of the molecule is CN=c1scc(-c2ccc(C)cc2)n1N=C(C)c1ccco1. The van der Waals surface area contributed by atoms with E-state index in [1.165, 1.54) is 5.56 Å². The number of hydrogen-bond acceptors (Lipinski definition) is 4. The second kappa shape index (κ2) is 6.15. The van der Waals surface area contributed by atoms with Gasteiger partial charge in [0.2, 0.25) is 4.80 Å². The van der Waals surface area contributed by atoms with E-state index in [9.17, 15) is 0 Å². The molecule has 0 amide bonds. The minimum absolute atomic E-state index is 0.760. The molecule has 0 radical (unpaired) electrons. The van der Waals surface area contributed by atoms with Crippen molar-refractivity contribution in [2.24, 2.45) is 10.1 Å². The summed E-state index contributed by atoms with van der Waals surface area (Å²) in [7, 11) is 1.78. The third-order valence-corrected chi connectivity index (χ3v) is 4.26. The highest BCUT2D eigenvalue weighted by Crippen LogP contribution is 2.21. The van der Waals surface area contributed by atoms with Gasteiger partial charge in [0.05, 0.1) is 12.0 Å². The molecule has 0 bridgehead atoms. The summed E-state index contributed by atoms with van der Waals surface area (Å²) in [5, 5.41) is 6.76. The van der Waals surface area contributed by atoms with Crippen molar-refractivity contribution in [2.75, 3.05) is 7.05 Å². The largest absolute Gasteiger partial charge is 0.463 e. The summed E-state index contributed by atoms with van der Waals surface area (Å²) >= 11 is 1.57. The predicted molar refractivity (Wildman–Crippen MR) is 90.3 cm³/mol. The van der Waals surface area contributed by atoms with E-state index in [2.05, 4.69) is 46.7 Å². The van der Waals surface area contributed by atoms with Crippen molar-refractivity contribution >= 4 is 17.0 Å². The number of furan rings is 1. The molecular formula is C17H17N3OS. The second-order valence-corrected chi connectivity index (χ2v) is 5.80. The Bertz CT molecular complexity index is 852. The highest BCUT2D eigenvalue weighted by Gasteiger charge is 2.09. The molecule has 0 saturated carbocycles. The Balaban J connectivity index is 2.12. The molecule has 0 fully saturated rings. The van der Waals surface area contributed by atoms with E-state index >= 15 is 0 Å². The molecule has 0 N–H and O–H groups in total. The van der Waals surface area contributed by atoms with Crippen LogP contribution in [0.3, 0.4) is 0 Å². The van der Waals surface area contributed by atoms with E-state index in [4.69, 9.17) is 4.42 Å². The Morgan fingerprint density at radius 1 is 1.18 bits per heavy atom. The Labute approximate surface area is 133 Å². The first-order valence-electron chi connectivity index (χ1n) is 6.99. The molecule has 0 aliphatic heterocycles. The third kappa shape index (κ3) is 2.80. The molecule has 5 heteroatoms. The number of nitrogens with zero attached hydrogens (tertiary/aromatic N) is 3.